The fourth-order valence-electron chi connectivity index (χ4n) is 3.76. The van der Waals surface area contributed by atoms with Gasteiger partial charge in [-0.3, -0.25) is 19.4 Å². The second-order valence-corrected chi connectivity index (χ2v) is 10.7. The Hall–Kier alpha value is -3.32. The molecule has 0 radical (unpaired) electrons. The third-order valence-corrected chi connectivity index (χ3v) is 6.43. The van der Waals surface area contributed by atoms with Crippen LogP contribution < -0.4 is 33.2 Å². The molecule has 0 aromatic heterocycles. The molecule has 1 rings (SSSR count). The van der Waals surface area contributed by atoms with Crippen molar-refractivity contribution in [1.29, 1.82) is 0 Å². The highest BCUT2D eigenvalue weighted by molar-refractivity contribution is 7.98. The Morgan fingerprint density at radius 2 is 1.51 bits per heavy atom. The number of nitrogens with two attached hydrogens (primary N) is 3. The molecule has 0 heterocycles. The Bertz CT molecular complexity index is 957. The largest absolute Gasteiger partial charge is 0.480 e. The van der Waals surface area contributed by atoms with Gasteiger partial charge in [-0.1, -0.05) is 44.2 Å². The zero-order chi connectivity index (χ0) is 29.4. The van der Waals surface area contributed by atoms with E-state index in [-0.39, 0.29) is 37.7 Å². The van der Waals surface area contributed by atoms with Crippen molar-refractivity contribution in [2.75, 3.05) is 18.6 Å². The lowest BCUT2D eigenvalue weighted by molar-refractivity contribution is -0.142. The SMILES string of the molecule is CSCCC(NC(=O)C(CCCN=C(N)N)NC(=O)C(Cc1ccccc1)NC(=O)C(N)CC(C)C)C(=O)O. The summed E-state index contributed by atoms with van der Waals surface area (Å²) in [6.07, 6.45) is 3.14. The van der Waals surface area contributed by atoms with Crippen LogP contribution in [0.15, 0.2) is 35.3 Å². The number of nitrogens with zero attached hydrogens (tertiary/aromatic N) is 1. The van der Waals surface area contributed by atoms with Crippen molar-refractivity contribution in [2.45, 2.75) is 70.1 Å². The summed E-state index contributed by atoms with van der Waals surface area (Å²) >= 11 is 1.46. The Kier molecular flexibility index (Phi) is 15.6. The van der Waals surface area contributed by atoms with Crippen LogP contribution in [0, 0.1) is 5.92 Å². The molecule has 218 valence electrons. The molecule has 3 amide bonds. The Labute approximate surface area is 234 Å². The monoisotopic (exact) mass is 565 g/mol. The van der Waals surface area contributed by atoms with Crippen molar-refractivity contribution in [2.24, 2.45) is 28.1 Å². The minimum absolute atomic E-state index is 0.105. The van der Waals surface area contributed by atoms with Gasteiger partial charge in [0.15, 0.2) is 5.96 Å². The summed E-state index contributed by atoms with van der Waals surface area (Å²) in [6, 6.07) is 5.10. The number of thioether (sulfide) groups is 1. The molecule has 0 aliphatic heterocycles. The summed E-state index contributed by atoms with van der Waals surface area (Å²) in [6.45, 7) is 4.10. The normalized spacial score (nSPS) is 14.0. The molecule has 1 aromatic rings. The van der Waals surface area contributed by atoms with Crippen molar-refractivity contribution >= 4 is 41.4 Å². The van der Waals surface area contributed by atoms with Gasteiger partial charge in [-0.2, -0.15) is 11.8 Å². The topological polar surface area (TPSA) is 215 Å². The smallest absolute Gasteiger partial charge is 0.326 e. The molecule has 0 saturated heterocycles. The average molecular weight is 566 g/mol. The van der Waals surface area contributed by atoms with E-state index < -0.39 is 47.9 Å². The third-order valence-electron chi connectivity index (χ3n) is 5.78. The number of carbonyl (C=O) groups is 4. The van der Waals surface area contributed by atoms with Gasteiger partial charge in [0, 0.05) is 13.0 Å². The van der Waals surface area contributed by atoms with Gasteiger partial charge in [-0.15, -0.1) is 0 Å². The lowest BCUT2D eigenvalue weighted by Crippen LogP contribution is -2.57. The van der Waals surface area contributed by atoms with E-state index in [1.54, 1.807) is 0 Å². The van der Waals surface area contributed by atoms with Crippen molar-refractivity contribution in [1.82, 2.24) is 16.0 Å². The molecule has 10 N–H and O–H groups in total. The molecule has 0 bridgehead atoms. The van der Waals surface area contributed by atoms with Crippen LogP contribution in [0.1, 0.15) is 45.1 Å². The predicted octanol–water partition coefficient (Wildman–Crippen LogP) is -0.0518. The standard InChI is InChI=1S/C26H43N7O5S/c1-16(2)14-18(27)22(34)33-21(15-17-8-5-4-6-9-17)24(36)31-19(10-7-12-30-26(28)29)23(35)32-20(25(37)38)11-13-39-3/h4-6,8-9,16,18-21H,7,10-15,27H2,1-3H3,(H,31,36)(H,32,35)(H,33,34)(H,37,38)(H4,28,29,30). The zero-order valence-electron chi connectivity index (χ0n) is 22.9. The maximum Gasteiger partial charge on any atom is 0.326 e. The van der Waals surface area contributed by atoms with E-state index in [4.69, 9.17) is 17.2 Å². The van der Waals surface area contributed by atoms with Crippen molar-refractivity contribution < 1.29 is 24.3 Å². The van der Waals surface area contributed by atoms with Gasteiger partial charge in [-0.25, -0.2) is 4.79 Å². The number of carboxylic acids is 1. The molecule has 4 atom stereocenters. The molecule has 4 unspecified atom stereocenters. The van der Waals surface area contributed by atoms with E-state index in [9.17, 15) is 24.3 Å². The molecule has 0 fully saturated rings. The number of hydrogen-bond donors (Lipinski definition) is 7. The Morgan fingerprint density at radius 1 is 0.923 bits per heavy atom. The Balaban J connectivity index is 3.13. The third kappa shape index (κ3) is 13.9. The molecule has 39 heavy (non-hydrogen) atoms. The maximum absolute atomic E-state index is 13.4. The van der Waals surface area contributed by atoms with Gasteiger partial charge < -0.3 is 38.3 Å². The molecule has 12 nitrogen and oxygen atoms in total. The van der Waals surface area contributed by atoms with Crippen LogP contribution >= 0.6 is 11.8 Å². The first-order valence-corrected chi connectivity index (χ1v) is 14.3. The maximum atomic E-state index is 13.4. The molecule has 0 aliphatic rings. The van der Waals surface area contributed by atoms with Crippen LogP contribution in [0.5, 0.6) is 0 Å². The molecule has 0 spiro atoms. The number of aliphatic carboxylic acids is 1. The summed E-state index contributed by atoms with van der Waals surface area (Å²) in [5.41, 5.74) is 17.6. The van der Waals surface area contributed by atoms with Gasteiger partial charge >= 0.3 is 5.97 Å². The second-order valence-electron chi connectivity index (χ2n) is 9.68. The molecule has 0 aliphatic carbocycles. The average Bonchev–Trinajstić information content (AvgIpc) is 2.87. The van der Waals surface area contributed by atoms with Crippen molar-refractivity contribution in [3.8, 4) is 0 Å². The number of guanidine groups is 1. The van der Waals surface area contributed by atoms with Gasteiger partial charge in [0.1, 0.15) is 18.1 Å². The van der Waals surface area contributed by atoms with Crippen LogP contribution in [-0.2, 0) is 25.6 Å². The quantitative estimate of drug-likeness (QED) is 0.0720. The number of nitrogens with one attached hydrogen (secondary N) is 3. The first-order chi connectivity index (χ1) is 18.4. The highest BCUT2D eigenvalue weighted by Crippen LogP contribution is 2.09. The van der Waals surface area contributed by atoms with Gasteiger partial charge in [0.05, 0.1) is 6.04 Å². The highest BCUT2D eigenvalue weighted by atomic mass is 32.2. The zero-order valence-corrected chi connectivity index (χ0v) is 23.7. The number of rotatable bonds is 18. The molecule has 0 saturated carbocycles. The number of carbonyl (C=O) groups excluding carboxylic acids is 3. The van der Waals surface area contributed by atoms with Crippen LogP contribution in [0.25, 0.3) is 0 Å². The number of hydrogen-bond acceptors (Lipinski definition) is 7. The molecule has 13 heteroatoms. The number of amides is 3. The van der Waals surface area contributed by atoms with Crippen LogP contribution in [-0.4, -0.2) is 77.5 Å². The van der Waals surface area contributed by atoms with Crippen LogP contribution in [0.3, 0.4) is 0 Å². The summed E-state index contributed by atoms with van der Waals surface area (Å²) in [4.78, 5) is 54.9. The lowest BCUT2D eigenvalue weighted by atomic mass is 10.0. The summed E-state index contributed by atoms with van der Waals surface area (Å²) in [7, 11) is 0. The fourth-order valence-corrected chi connectivity index (χ4v) is 4.23. The van der Waals surface area contributed by atoms with E-state index in [0.29, 0.717) is 18.6 Å². The molecule has 1 aromatic carbocycles. The summed E-state index contributed by atoms with van der Waals surface area (Å²) in [5.74, 6) is -2.29. The lowest BCUT2D eigenvalue weighted by Gasteiger charge is -2.25. The number of benzene rings is 1. The van der Waals surface area contributed by atoms with E-state index in [0.717, 1.165) is 5.56 Å². The van der Waals surface area contributed by atoms with E-state index >= 15 is 0 Å². The van der Waals surface area contributed by atoms with E-state index in [1.807, 2.05) is 50.4 Å². The number of carboxylic acid groups (broad SMARTS) is 1. The van der Waals surface area contributed by atoms with E-state index in [2.05, 4.69) is 20.9 Å². The van der Waals surface area contributed by atoms with Crippen LogP contribution in [0.4, 0.5) is 0 Å². The molecular formula is C26H43N7O5S. The van der Waals surface area contributed by atoms with Crippen molar-refractivity contribution in [3.05, 3.63) is 35.9 Å². The highest BCUT2D eigenvalue weighted by Gasteiger charge is 2.30. The second kappa shape index (κ2) is 18.1. The first kappa shape index (κ1) is 33.7. The summed E-state index contributed by atoms with van der Waals surface area (Å²) in [5, 5.41) is 17.5. The number of aliphatic imine (C=N–C) groups is 1. The van der Waals surface area contributed by atoms with E-state index in [1.165, 1.54) is 11.8 Å². The fraction of sp³-hybridized carbons (Fsp3) is 0.577. The summed E-state index contributed by atoms with van der Waals surface area (Å²) < 4.78 is 0. The first-order valence-electron chi connectivity index (χ1n) is 12.9. The van der Waals surface area contributed by atoms with Crippen LogP contribution in [0.2, 0.25) is 0 Å². The minimum Gasteiger partial charge on any atom is -0.480 e. The van der Waals surface area contributed by atoms with Crippen molar-refractivity contribution in [3.63, 3.8) is 0 Å². The predicted molar refractivity (Wildman–Crippen MR) is 154 cm³/mol. The van der Waals surface area contributed by atoms with Gasteiger partial charge in [-0.05, 0) is 49.2 Å². The minimum atomic E-state index is -1.17. The molecular weight excluding hydrogens is 522 g/mol. The van der Waals surface area contributed by atoms with Gasteiger partial charge in [0.2, 0.25) is 17.7 Å². The van der Waals surface area contributed by atoms with Gasteiger partial charge in [0.25, 0.3) is 0 Å². The Morgan fingerprint density at radius 3 is 2.08 bits per heavy atom.